The van der Waals surface area contributed by atoms with Gasteiger partial charge in [0.1, 0.15) is 28.6 Å². The third kappa shape index (κ3) is 3.18. The molecule has 0 radical (unpaired) electrons. The summed E-state index contributed by atoms with van der Waals surface area (Å²) in [7, 11) is 0. The van der Waals surface area contributed by atoms with Crippen molar-refractivity contribution in [1.82, 2.24) is 4.57 Å². The molecule has 0 saturated heterocycles. The normalized spacial score (nSPS) is 17.3. The molecule has 46 heavy (non-hydrogen) atoms. The summed E-state index contributed by atoms with van der Waals surface area (Å²) in [5.74, 6) is 1.14. The monoisotopic (exact) mass is 591 g/mol. The molecule has 9 aromatic rings. The molecule has 2 atom stereocenters. The van der Waals surface area contributed by atoms with E-state index in [1.54, 1.807) is 0 Å². The molecule has 2 unspecified atom stereocenters. The standard InChI is InChI=1S/C42H25NO3/c1-4-12-34-27(8-1)31-20-21-32-28-9-2-5-13-35(28)46-42(32)41(31)43(34)25-17-19-30-29-18-16-24(22-38(29)45-39(30)23-25)26-11-7-15-37-40(26)33-10-3-6-14-36(33)44-37/h1-23,37,40H. The zero-order chi connectivity index (χ0) is 29.9. The van der Waals surface area contributed by atoms with Crippen LogP contribution in [0.1, 0.15) is 17.0 Å². The predicted octanol–water partition coefficient (Wildman–Crippen LogP) is 11.1. The first-order chi connectivity index (χ1) is 22.8. The minimum atomic E-state index is 0.00997. The van der Waals surface area contributed by atoms with Gasteiger partial charge in [0, 0.05) is 43.9 Å². The Morgan fingerprint density at radius 2 is 1.30 bits per heavy atom. The van der Waals surface area contributed by atoms with E-state index in [1.165, 1.54) is 21.9 Å². The van der Waals surface area contributed by atoms with Crippen LogP contribution in [0.5, 0.6) is 5.75 Å². The van der Waals surface area contributed by atoms with Crippen LogP contribution in [-0.4, -0.2) is 10.7 Å². The SMILES string of the molecule is C1=CC2Oc3ccccc3C2C(c2ccc3c(c2)oc2cc(-n4c5ccccc5c5ccc6c7ccccc7oc6c54)ccc23)=C1. The first-order valence-electron chi connectivity index (χ1n) is 15.7. The number of benzene rings is 6. The van der Waals surface area contributed by atoms with Gasteiger partial charge in [-0.1, -0.05) is 78.9 Å². The van der Waals surface area contributed by atoms with Crippen molar-refractivity contribution in [1.29, 1.82) is 0 Å². The highest BCUT2D eigenvalue weighted by Gasteiger charge is 2.37. The molecule has 0 saturated carbocycles. The fraction of sp³-hybridized carbons (Fsp3) is 0.0476. The number of aromatic nitrogens is 1. The topological polar surface area (TPSA) is 40.4 Å². The first-order valence-corrected chi connectivity index (χ1v) is 15.7. The summed E-state index contributed by atoms with van der Waals surface area (Å²) in [4.78, 5) is 0. The Bertz CT molecular complexity index is 2800. The van der Waals surface area contributed by atoms with E-state index >= 15 is 0 Å². The highest BCUT2D eigenvalue weighted by molar-refractivity contribution is 6.21. The van der Waals surface area contributed by atoms with E-state index in [0.29, 0.717) is 0 Å². The van der Waals surface area contributed by atoms with Crippen molar-refractivity contribution < 1.29 is 13.6 Å². The van der Waals surface area contributed by atoms with Gasteiger partial charge in [-0.25, -0.2) is 0 Å². The fourth-order valence-electron chi connectivity index (χ4n) is 7.96. The molecule has 3 aromatic heterocycles. The number of hydrogen-bond donors (Lipinski definition) is 0. The summed E-state index contributed by atoms with van der Waals surface area (Å²) >= 11 is 0. The Balaban J connectivity index is 1.10. The molecular weight excluding hydrogens is 566 g/mol. The van der Waals surface area contributed by atoms with Crippen LogP contribution in [0.3, 0.4) is 0 Å². The molecule has 2 aliphatic rings. The van der Waals surface area contributed by atoms with E-state index in [-0.39, 0.29) is 12.0 Å². The number of hydrogen-bond acceptors (Lipinski definition) is 3. The molecule has 4 heterocycles. The Morgan fingerprint density at radius 3 is 2.26 bits per heavy atom. The number of rotatable bonds is 2. The Hall–Kier alpha value is -6.00. The van der Waals surface area contributed by atoms with Crippen molar-refractivity contribution in [2.45, 2.75) is 12.0 Å². The van der Waals surface area contributed by atoms with Crippen LogP contribution < -0.4 is 4.74 Å². The maximum absolute atomic E-state index is 6.65. The van der Waals surface area contributed by atoms with Crippen molar-refractivity contribution in [3.8, 4) is 11.4 Å². The van der Waals surface area contributed by atoms with E-state index in [1.807, 2.05) is 18.2 Å². The third-order valence-corrected chi connectivity index (χ3v) is 9.99. The second-order valence-electron chi connectivity index (χ2n) is 12.4. The second kappa shape index (κ2) is 8.80. The molecule has 1 aliphatic carbocycles. The summed E-state index contributed by atoms with van der Waals surface area (Å²) < 4.78 is 21.8. The average molecular weight is 592 g/mol. The van der Waals surface area contributed by atoms with Crippen molar-refractivity contribution in [3.05, 3.63) is 151 Å². The van der Waals surface area contributed by atoms with Gasteiger partial charge in [-0.3, -0.25) is 0 Å². The third-order valence-electron chi connectivity index (χ3n) is 9.99. The maximum Gasteiger partial charge on any atom is 0.160 e. The zero-order valence-corrected chi connectivity index (χ0v) is 24.6. The lowest BCUT2D eigenvalue weighted by molar-refractivity contribution is 0.271. The van der Waals surface area contributed by atoms with Crippen LogP contribution >= 0.6 is 0 Å². The fourth-order valence-corrected chi connectivity index (χ4v) is 7.96. The van der Waals surface area contributed by atoms with Crippen LogP contribution in [-0.2, 0) is 0 Å². The van der Waals surface area contributed by atoms with Crippen molar-refractivity contribution in [2.75, 3.05) is 0 Å². The molecule has 11 rings (SSSR count). The van der Waals surface area contributed by atoms with Gasteiger partial charge in [0.15, 0.2) is 5.58 Å². The summed E-state index contributed by atoms with van der Waals surface area (Å²) in [5.41, 5.74) is 10.4. The van der Waals surface area contributed by atoms with E-state index in [2.05, 4.69) is 126 Å². The minimum Gasteiger partial charge on any atom is -0.485 e. The maximum atomic E-state index is 6.65. The Kier molecular flexibility index (Phi) is 4.66. The van der Waals surface area contributed by atoms with E-state index in [9.17, 15) is 0 Å². The average Bonchev–Trinajstić information content (AvgIpc) is 3.86. The lowest BCUT2D eigenvalue weighted by Crippen LogP contribution is -2.19. The van der Waals surface area contributed by atoms with Crippen molar-refractivity contribution in [2.24, 2.45) is 0 Å². The van der Waals surface area contributed by atoms with Crippen LogP contribution in [0.4, 0.5) is 0 Å². The van der Waals surface area contributed by atoms with Crippen LogP contribution in [0.2, 0.25) is 0 Å². The highest BCUT2D eigenvalue weighted by atomic mass is 16.5. The summed E-state index contributed by atoms with van der Waals surface area (Å²) in [6.07, 6.45) is 6.50. The molecular formula is C42H25NO3. The molecule has 0 bridgehead atoms. The lowest BCUT2D eigenvalue weighted by atomic mass is 9.81. The van der Waals surface area contributed by atoms with E-state index in [4.69, 9.17) is 13.6 Å². The van der Waals surface area contributed by atoms with Gasteiger partial charge in [0.25, 0.3) is 0 Å². The number of fused-ring (bicyclic) bond motifs is 13. The molecule has 0 N–H and O–H groups in total. The van der Waals surface area contributed by atoms with Gasteiger partial charge >= 0.3 is 0 Å². The van der Waals surface area contributed by atoms with Crippen LogP contribution in [0.15, 0.2) is 148 Å². The molecule has 6 aromatic carbocycles. The smallest absolute Gasteiger partial charge is 0.160 e. The summed E-state index contributed by atoms with van der Waals surface area (Å²) in [6, 6.07) is 42.8. The largest absolute Gasteiger partial charge is 0.485 e. The van der Waals surface area contributed by atoms with E-state index < -0.39 is 0 Å². The van der Waals surface area contributed by atoms with Crippen molar-refractivity contribution in [3.63, 3.8) is 0 Å². The molecule has 0 amide bonds. The Morgan fingerprint density at radius 1 is 0.565 bits per heavy atom. The summed E-state index contributed by atoms with van der Waals surface area (Å²) in [5, 5.41) is 6.82. The van der Waals surface area contributed by atoms with Gasteiger partial charge in [-0.2, -0.15) is 0 Å². The number of ether oxygens (including phenoxy) is 1. The molecule has 216 valence electrons. The predicted molar refractivity (Wildman–Crippen MR) is 186 cm³/mol. The number of para-hydroxylation sites is 3. The van der Waals surface area contributed by atoms with Crippen LogP contribution in [0, 0.1) is 0 Å². The van der Waals surface area contributed by atoms with E-state index in [0.717, 1.165) is 71.9 Å². The molecule has 4 nitrogen and oxygen atoms in total. The lowest BCUT2D eigenvalue weighted by Gasteiger charge is -2.22. The minimum absolute atomic E-state index is 0.00997. The first kappa shape index (κ1) is 24.3. The quantitative estimate of drug-likeness (QED) is 0.201. The van der Waals surface area contributed by atoms with Gasteiger partial charge in [0.05, 0.1) is 22.6 Å². The molecule has 4 heteroatoms. The highest BCUT2D eigenvalue weighted by Crippen LogP contribution is 2.48. The number of nitrogens with zero attached hydrogens (tertiary/aromatic N) is 1. The number of allylic oxidation sites excluding steroid dienone is 2. The second-order valence-corrected chi connectivity index (χ2v) is 12.4. The van der Waals surface area contributed by atoms with Gasteiger partial charge in [-0.05, 0) is 65.7 Å². The van der Waals surface area contributed by atoms with Gasteiger partial charge in [-0.15, -0.1) is 0 Å². The molecule has 0 fully saturated rings. The molecule has 0 spiro atoms. The molecule has 1 aliphatic heterocycles. The summed E-state index contributed by atoms with van der Waals surface area (Å²) in [6.45, 7) is 0. The van der Waals surface area contributed by atoms with Gasteiger partial charge in [0.2, 0.25) is 0 Å². The Labute approximate surface area is 263 Å². The van der Waals surface area contributed by atoms with Crippen molar-refractivity contribution >= 4 is 71.3 Å². The number of furan rings is 2. The van der Waals surface area contributed by atoms with Gasteiger partial charge < -0.3 is 18.1 Å². The van der Waals surface area contributed by atoms with Crippen LogP contribution in [0.25, 0.3) is 76.9 Å². The zero-order valence-electron chi connectivity index (χ0n) is 24.6.